The number of nitrogens with zero attached hydrogens (tertiary/aromatic N) is 2. The van der Waals surface area contributed by atoms with E-state index in [4.69, 9.17) is 21.1 Å². The molecule has 32 heavy (non-hydrogen) atoms. The second kappa shape index (κ2) is 8.10. The fourth-order valence-electron chi connectivity index (χ4n) is 4.90. The van der Waals surface area contributed by atoms with Crippen LogP contribution >= 0.6 is 11.6 Å². The maximum absolute atomic E-state index is 12.2. The van der Waals surface area contributed by atoms with E-state index in [0.29, 0.717) is 11.1 Å². The summed E-state index contributed by atoms with van der Waals surface area (Å²) in [6.07, 6.45) is 3.94. The average molecular weight is 451 g/mol. The van der Waals surface area contributed by atoms with Gasteiger partial charge in [-0.15, -0.1) is 0 Å². The maximum Gasteiger partial charge on any atom is 0.224 e. The Labute approximate surface area is 191 Å². The number of fused-ring (bicyclic) bond motifs is 3. The number of aliphatic hydroxyl groups is 2. The number of pyridine rings is 1. The van der Waals surface area contributed by atoms with Crippen LogP contribution in [0, 0.1) is 11.3 Å². The van der Waals surface area contributed by atoms with Gasteiger partial charge in [-0.3, -0.25) is 0 Å². The summed E-state index contributed by atoms with van der Waals surface area (Å²) in [6.45, 7) is 5.97. The van der Waals surface area contributed by atoms with Gasteiger partial charge in [-0.25, -0.2) is 4.98 Å². The van der Waals surface area contributed by atoms with Crippen molar-refractivity contribution >= 4 is 11.6 Å². The molecule has 1 saturated carbocycles. The molecular weight excluding hydrogens is 428 g/mol. The number of ether oxygens (including phenoxy) is 2. The van der Waals surface area contributed by atoms with Crippen molar-refractivity contribution in [1.29, 1.82) is 5.26 Å². The van der Waals surface area contributed by atoms with Crippen molar-refractivity contribution in [3.05, 3.63) is 88.6 Å². The van der Waals surface area contributed by atoms with Gasteiger partial charge in [-0.05, 0) is 30.6 Å². The van der Waals surface area contributed by atoms with Crippen LogP contribution in [-0.2, 0) is 5.60 Å². The highest BCUT2D eigenvalue weighted by molar-refractivity contribution is 6.29. The molecule has 4 atom stereocenters. The van der Waals surface area contributed by atoms with E-state index in [9.17, 15) is 15.5 Å². The fourth-order valence-corrected chi connectivity index (χ4v) is 5.08. The molecule has 2 N–H and O–H groups in total. The molecule has 4 rings (SSSR count). The first kappa shape index (κ1) is 22.1. The van der Waals surface area contributed by atoms with Crippen molar-refractivity contribution in [1.82, 2.24) is 4.98 Å². The van der Waals surface area contributed by atoms with Crippen molar-refractivity contribution in [2.24, 2.45) is 0 Å². The van der Waals surface area contributed by atoms with Crippen molar-refractivity contribution in [3.8, 4) is 17.7 Å². The molecule has 1 aromatic heterocycles. The molecule has 0 bridgehead atoms. The molecule has 0 radical (unpaired) electrons. The minimum absolute atomic E-state index is 0.0765. The first-order valence-electron chi connectivity index (χ1n) is 10.2. The third-order valence-electron chi connectivity index (χ3n) is 6.35. The lowest BCUT2D eigenvalue weighted by atomic mass is 9.71. The Hall–Kier alpha value is -3.11. The molecule has 2 heterocycles. The van der Waals surface area contributed by atoms with Gasteiger partial charge in [0.25, 0.3) is 0 Å². The summed E-state index contributed by atoms with van der Waals surface area (Å²) in [5.41, 5.74) is -1.45. The second-order valence-corrected chi connectivity index (χ2v) is 8.25. The van der Waals surface area contributed by atoms with Crippen molar-refractivity contribution in [2.75, 3.05) is 7.11 Å². The predicted molar refractivity (Wildman–Crippen MR) is 121 cm³/mol. The van der Waals surface area contributed by atoms with Crippen LogP contribution in [0.4, 0.5) is 0 Å². The van der Waals surface area contributed by atoms with Crippen LogP contribution in [0.1, 0.15) is 30.4 Å². The van der Waals surface area contributed by atoms with Crippen LogP contribution in [0.5, 0.6) is 11.6 Å². The van der Waals surface area contributed by atoms with Gasteiger partial charge < -0.3 is 19.7 Å². The molecule has 164 valence electrons. The highest BCUT2D eigenvalue weighted by atomic mass is 35.5. The van der Waals surface area contributed by atoms with Gasteiger partial charge in [0.05, 0.1) is 24.8 Å². The van der Waals surface area contributed by atoms with E-state index in [1.807, 2.05) is 30.3 Å². The van der Waals surface area contributed by atoms with E-state index < -0.39 is 23.2 Å². The van der Waals surface area contributed by atoms with Crippen LogP contribution in [-0.4, -0.2) is 34.0 Å². The molecule has 6 nitrogen and oxygen atoms in total. The quantitative estimate of drug-likeness (QED) is 0.403. The van der Waals surface area contributed by atoms with Gasteiger partial charge in [0.2, 0.25) is 5.88 Å². The molecule has 0 unspecified atom stereocenters. The minimum Gasteiger partial charge on any atom is -0.481 e. The van der Waals surface area contributed by atoms with E-state index in [2.05, 4.69) is 17.6 Å². The summed E-state index contributed by atoms with van der Waals surface area (Å²) < 4.78 is 11.9. The number of aromatic nitrogens is 1. The molecule has 0 amide bonds. The van der Waals surface area contributed by atoms with E-state index in [-0.39, 0.29) is 28.8 Å². The van der Waals surface area contributed by atoms with E-state index in [0.717, 1.165) is 5.56 Å². The zero-order valence-corrected chi connectivity index (χ0v) is 18.5. The zero-order valence-electron chi connectivity index (χ0n) is 17.7. The zero-order chi connectivity index (χ0) is 23.1. The number of benzene rings is 1. The molecule has 7 heteroatoms. The SMILES string of the molecule is C=C(/C=C\C(C#N)=C/C)[C@@]12Oc3cc(Cl)nc(OC)c3[C@]1(O)[C@H](O)C[C@H]2c1ccccc1. The summed E-state index contributed by atoms with van der Waals surface area (Å²) in [7, 11) is 1.41. The minimum atomic E-state index is -1.91. The second-order valence-electron chi connectivity index (χ2n) is 7.86. The van der Waals surface area contributed by atoms with Gasteiger partial charge in [0.1, 0.15) is 10.9 Å². The number of nitriles is 1. The van der Waals surface area contributed by atoms with Crippen molar-refractivity contribution in [3.63, 3.8) is 0 Å². The Kier molecular flexibility index (Phi) is 5.59. The largest absolute Gasteiger partial charge is 0.481 e. The summed E-state index contributed by atoms with van der Waals surface area (Å²) in [4.78, 5) is 4.18. The fraction of sp³-hybridized carbons (Fsp3) is 0.280. The molecule has 1 aromatic carbocycles. The molecule has 2 aliphatic rings. The van der Waals surface area contributed by atoms with Gasteiger partial charge >= 0.3 is 0 Å². The third-order valence-corrected chi connectivity index (χ3v) is 6.54. The number of methoxy groups -OCH3 is 1. The first-order chi connectivity index (χ1) is 15.3. The van der Waals surface area contributed by atoms with Crippen LogP contribution in [0.15, 0.2) is 72.4 Å². The monoisotopic (exact) mass is 450 g/mol. The molecule has 2 aromatic rings. The van der Waals surface area contributed by atoms with Gasteiger partial charge in [-0.1, -0.05) is 60.7 Å². The summed E-state index contributed by atoms with van der Waals surface area (Å²) in [5.74, 6) is -0.106. The Bertz CT molecular complexity index is 1170. The van der Waals surface area contributed by atoms with Crippen LogP contribution in [0.3, 0.4) is 0 Å². The lowest BCUT2D eigenvalue weighted by Gasteiger charge is -2.41. The number of hydrogen-bond acceptors (Lipinski definition) is 6. The number of allylic oxidation sites excluding steroid dienone is 3. The standard InChI is InChI=1S/C25H23ClN2O4/c1-4-16(14-27)11-10-15(2)25-18(17-8-6-5-7-9-17)12-20(29)24(25,30)22-19(32-25)13-21(26)28-23(22)31-3/h4-11,13,18,20,29-30H,2,12H2,1,3H3/b11-10-,16-4+/t18-,20+,24+,25-/m0/s1. The Morgan fingerprint density at radius 1 is 1.38 bits per heavy atom. The van der Waals surface area contributed by atoms with E-state index in [1.54, 1.807) is 25.2 Å². The van der Waals surface area contributed by atoms with Crippen molar-refractivity contribution in [2.45, 2.75) is 36.6 Å². The molecule has 1 aliphatic carbocycles. The average Bonchev–Trinajstić information content (AvgIpc) is 3.19. The lowest BCUT2D eigenvalue weighted by Crippen LogP contribution is -2.55. The predicted octanol–water partition coefficient (Wildman–Crippen LogP) is 4.19. The van der Waals surface area contributed by atoms with Gasteiger partial charge in [0.15, 0.2) is 11.2 Å². The van der Waals surface area contributed by atoms with Crippen LogP contribution < -0.4 is 9.47 Å². The highest BCUT2D eigenvalue weighted by Gasteiger charge is 2.73. The normalized spacial score (nSPS) is 28.7. The first-order valence-corrected chi connectivity index (χ1v) is 10.5. The maximum atomic E-state index is 12.2. The molecule has 0 saturated heterocycles. The van der Waals surface area contributed by atoms with E-state index >= 15 is 0 Å². The smallest absolute Gasteiger partial charge is 0.224 e. The Morgan fingerprint density at radius 2 is 2.09 bits per heavy atom. The molecule has 1 aliphatic heterocycles. The summed E-state index contributed by atoms with van der Waals surface area (Å²) >= 11 is 6.17. The Morgan fingerprint density at radius 3 is 2.72 bits per heavy atom. The van der Waals surface area contributed by atoms with Crippen LogP contribution in [0.2, 0.25) is 5.15 Å². The van der Waals surface area contributed by atoms with Crippen LogP contribution in [0.25, 0.3) is 0 Å². The van der Waals surface area contributed by atoms with Gasteiger partial charge in [-0.2, -0.15) is 5.26 Å². The number of rotatable bonds is 5. The molecule has 0 spiro atoms. The van der Waals surface area contributed by atoms with Crippen molar-refractivity contribution < 1.29 is 19.7 Å². The molecular formula is C25H23ClN2O4. The topological polar surface area (TPSA) is 95.6 Å². The summed E-state index contributed by atoms with van der Waals surface area (Å²) in [5, 5.41) is 32.8. The van der Waals surface area contributed by atoms with E-state index in [1.165, 1.54) is 13.2 Å². The highest BCUT2D eigenvalue weighted by Crippen LogP contribution is 2.66. The number of halogens is 1. The number of aliphatic hydroxyl groups excluding tert-OH is 1. The summed E-state index contributed by atoms with van der Waals surface area (Å²) in [6, 6.07) is 13.1. The third kappa shape index (κ3) is 2.97. The molecule has 1 fully saturated rings. The number of hydrogen-bond donors (Lipinski definition) is 2. The Balaban J connectivity index is 1.97. The lowest BCUT2D eigenvalue weighted by molar-refractivity contribution is -0.127. The van der Waals surface area contributed by atoms with Gasteiger partial charge in [0, 0.05) is 17.6 Å².